The van der Waals surface area contributed by atoms with Crippen LogP contribution in [-0.2, 0) is 0 Å². The molecule has 3 heteroatoms. The third-order valence-electron chi connectivity index (χ3n) is 2.18. The predicted octanol–water partition coefficient (Wildman–Crippen LogP) is 1.56. The van der Waals surface area contributed by atoms with Crippen molar-refractivity contribution >= 4 is 5.78 Å². The van der Waals surface area contributed by atoms with Crippen molar-refractivity contribution in [1.82, 2.24) is 4.98 Å². The Morgan fingerprint density at radius 1 is 1.43 bits per heavy atom. The van der Waals surface area contributed by atoms with Gasteiger partial charge in [-0.05, 0) is 24.5 Å². The first-order chi connectivity index (χ1) is 6.52. The number of aryl methyl sites for hydroxylation is 1. The Hall–Kier alpha value is -1.22. The van der Waals surface area contributed by atoms with Crippen LogP contribution in [0.2, 0.25) is 0 Å². The zero-order valence-corrected chi connectivity index (χ0v) is 8.82. The summed E-state index contributed by atoms with van der Waals surface area (Å²) in [5, 5.41) is 0. The fraction of sp³-hybridized carbons (Fsp3) is 0.455. The van der Waals surface area contributed by atoms with E-state index in [1.807, 2.05) is 26.8 Å². The maximum atomic E-state index is 11.8. The Bertz CT molecular complexity index is 334. The number of ketones is 1. The van der Waals surface area contributed by atoms with Crippen LogP contribution >= 0.6 is 0 Å². The van der Waals surface area contributed by atoms with Gasteiger partial charge >= 0.3 is 0 Å². The molecule has 0 saturated heterocycles. The standard InChI is InChI=1S/C11H16N2O/c1-7(2)10(12)11(14)9-4-8(3)5-13-6-9/h4-7,10H,12H2,1-3H3. The maximum absolute atomic E-state index is 11.8. The lowest BCUT2D eigenvalue weighted by molar-refractivity contribution is 0.0940. The number of aromatic nitrogens is 1. The number of pyridine rings is 1. The Morgan fingerprint density at radius 2 is 2.07 bits per heavy atom. The lowest BCUT2D eigenvalue weighted by Gasteiger charge is -2.13. The van der Waals surface area contributed by atoms with Gasteiger partial charge in [0.1, 0.15) is 0 Å². The van der Waals surface area contributed by atoms with Crippen LogP contribution in [0.1, 0.15) is 29.8 Å². The van der Waals surface area contributed by atoms with Crippen molar-refractivity contribution in [2.75, 3.05) is 0 Å². The molecule has 1 unspecified atom stereocenters. The molecule has 76 valence electrons. The maximum Gasteiger partial charge on any atom is 0.181 e. The van der Waals surface area contributed by atoms with E-state index in [-0.39, 0.29) is 11.7 Å². The van der Waals surface area contributed by atoms with Crippen LogP contribution in [-0.4, -0.2) is 16.8 Å². The van der Waals surface area contributed by atoms with Gasteiger partial charge in [-0.2, -0.15) is 0 Å². The van der Waals surface area contributed by atoms with E-state index in [9.17, 15) is 4.79 Å². The summed E-state index contributed by atoms with van der Waals surface area (Å²) < 4.78 is 0. The van der Waals surface area contributed by atoms with Gasteiger partial charge in [0, 0.05) is 18.0 Å². The average molecular weight is 192 g/mol. The van der Waals surface area contributed by atoms with Gasteiger partial charge < -0.3 is 5.73 Å². The van der Waals surface area contributed by atoms with Crippen molar-refractivity contribution in [3.8, 4) is 0 Å². The van der Waals surface area contributed by atoms with Gasteiger partial charge in [0.25, 0.3) is 0 Å². The number of nitrogens with zero attached hydrogens (tertiary/aromatic N) is 1. The summed E-state index contributed by atoms with van der Waals surface area (Å²) in [5.41, 5.74) is 7.35. The molecule has 3 nitrogen and oxygen atoms in total. The van der Waals surface area contributed by atoms with Crippen LogP contribution in [0, 0.1) is 12.8 Å². The van der Waals surface area contributed by atoms with E-state index >= 15 is 0 Å². The topological polar surface area (TPSA) is 56.0 Å². The monoisotopic (exact) mass is 192 g/mol. The zero-order valence-electron chi connectivity index (χ0n) is 8.82. The second kappa shape index (κ2) is 4.33. The van der Waals surface area contributed by atoms with Crippen LogP contribution < -0.4 is 5.73 Å². The number of hydrogen-bond acceptors (Lipinski definition) is 3. The molecule has 0 radical (unpaired) electrons. The summed E-state index contributed by atoms with van der Waals surface area (Å²) in [6.07, 6.45) is 3.29. The van der Waals surface area contributed by atoms with E-state index < -0.39 is 6.04 Å². The molecular weight excluding hydrogens is 176 g/mol. The normalized spacial score (nSPS) is 12.9. The SMILES string of the molecule is Cc1cncc(C(=O)C(N)C(C)C)c1. The van der Waals surface area contributed by atoms with Crippen molar-refractivity contribution in [2.45, 2.75) is 26.8 Å². The summed E-state index contributed by atoms with van der Waals surface area (Å²) >= 11 is 0. The number of Topliss-reactive ketones (excluding diaryl/α,β-unsaturated/α-hetero) is 1. The molecule has 1 atom stereocenters. The Morgan fingerprint density at radius 3 is 2.57 bits per heavy atom. The summed E-state index contributed by atoms with van der Waals surface area (Å²) in [6.45, 7) is 5.78. The highest BCUT2D eigenvalue weighted by molar-refractivity contribution is 5.99. The van der Waals surface area contributed by atoms with Crippen molar-refractivity contribution in [3.05, 3.63) is 29.6 Å². The minimum atomic E-state index is -0.432. The minimum absolute atomic E-state index is 0.0313. The molecule has 0 aliphatic rings. The molecular formula is C11H16N2O. The molecule has 0 amide bonds. The van der Waals surface area contributed by atoms with Crippen molar-refractivity contribution in [3.63, 3.8) is 0 Å². The molecule has 14 heavy (non-hydrogen) atoms. The molecule has 0 aliphatic heterocycles. The van der Waals surface area contributed by atoms with Gasteiger partial charge in [0.15, 0.2) is 5.78 Å². The molecule has 0 aromatic carbocycles. The predicted molar refractivity (Wildman–Crippen MR) is 56.1 cm³/mol. The summed E-state index contributed by atoms with van der Waals surface area (Å²) in [5.74, 6) is 0.124. The molecule has 0 fully saturated rings. The van der Waals surface area contributed by atoms with Crippen molar-refractivity contribution < 1.29 is 4.79 Å². The summed E-state index contributed by atoms with van der Waals surface area (Å²) in [6, 6.07) is 1.39. The first-order valence-corrected chi connectivity index (χ1v) is 4.74. The highest BCUT2D eigenvalue weighted by Crippen LogP contribution is 2.08. The smallest absolute Gasteiger partial charge is 0.181 e. The van der Waals surface area contributed by atoms with Crippen molar-refractivity contribution in [2.24, 2.45) is 11.7 Å². The lowest BCUT2D eigenvalue weighted by atomic mass is 9.96. The van der Waals surface area contributed by atoms with Crippen LogP contribution in [0.15, 0.2) is 18.5 Å². The van der Waals surface area contributed by atoms with E-state index in [4.69, 9.17) is 5.73 Å². The van der Waals surface area contributed by atoms with E-state index in [0.717, 1.165) is 5.56 Å². The van der Waals surface area contributed by atoms with Gasteiger partial charge in [-0.3, -0.25) is 9.78 Å². The first kappa shape index (κ1) is 10.9. The van der Waals surface area contributed by atoms with Crippen LogP contribution in [0.25, 0.3) is 0 Å². The molecule has 0 saturated carbocycles. The molecule has 0 aliphatic carbocycles. The van der Waals surface area contributed by atoms with E-state index in [1.165, 1.54) is 0 Å². The molecule has 1 aromatic rings. The van der Waals surface area contributed by atoms with Crippen LogP contribution in [0.4, 0.5) is 0 Å². The Labute approximate surface area is 84.3 Å². The lowest BCUT2D eigenvalue weighted by Crippen LogP contribution is -2.35. The second-order valence-electron chi connectivity index (χ2n) is 3.89. The van der Waals surface area contributed by atoms with E-state index in [0.29, 0.717) is 5.56 Å². The third kappa shape index (κ3) is 2.39. The van der Waals surface area contributed by atoms with Crippen LogP contribution in [0.5, 0.6) is 0 Å². The first-order valence-electron chi connectivity index (χ1n) is 4.74. The van der Waals surface area contributed by atoms with Gasteiger partial charge in [-0.25, -0.2) is 0 Å². The van der Waals surface area contributed by atoms with Gasteiger partial charge in [0.2, 0.25) is 0 Å². The van der Waals surface area contributed by atoms with Gasteiger partial charge in [-0.1, -0.05) is 13.8 Å². The summed E-state index contributed by atoms with van der Waals surface area (Å²) in [7, 11) is 0. The minimum Gasteiger partial charge on any atom is -0.321 e. The molecule has 1 heterocycles. The number of rotatable bonds is 3. The average Bonchev–Trinajstić information content (AvgIpc) is 2.15. The highest BCUT2D eigenvalue weighted by Gasteiger charge is 2.18. The number of carbonyl (C=O) groups excluding carboxylic acids is 1. The van der Waals surface area contributed by atoms with E-state index in [2.05, 4.69) is 4.98 Å². The molecule has 1 aromatic heterocycles. The van der Waals surface area contributed by atoms with E-state index in [1.54, 1.807) is 12.4 Å². The fourth-order valence-corrected chi connectivity index (χ4v) is 1.18. The largest absolute Gasteiger partial charge is 0.321 e. The Kier molecular flexibility index (Phi) is 3.36. The molecule has 0 spiro atoms. The number of hydrogen-bond donors (Lipinski definition) is 1. The Balaban J connectivity index is 2.89. The molecule has 0 bridgehead atoms. The second-order valence-corrected chi connectivity index (χ2v) is 3.89. The van der Waals surface area contributed by atoms with Crippen LogP contribution in [0.3, 0.4) is 0 Å². The highest BCUT2D eigenvalue weighted by atomic mass is 16.1. The third-order valence-corrected chi connectivity index (χ3v) is 2.18. The fourth-order valence-electron chi connectivity index (χ4n) is 1.18. The zero-order chi connectivity index (χ0) is 10.7. The quantitative estimate of drug-likeness (QED) is 0.739. The van der Waals surface area contributed by atoms with Gasteiger partial charge in [0.05, 0.1) is 6.04 Å². The number of nitrogens with two attached hydrogens (primary N) is 1. The molecule has 1 rings (SSSR count). The van der Waals surface area contributed by atoms with Gasteiger partial charge in [-0.15, -0.1) is 0 Å². The summed E-state index contributed by atoms with van der Waals surface area (Å²) in [4.78, 5) is 15.7. The van der Waals surface area contributed by atoms with Crippen molar-refractivity contribution in [1.29, 1.82) is 0 Å². The molecule has 2 N–H and O–H groups in total. The number of carbonyl (C=O) groups is 1.